The molecule has 0 saturated carbocycles. The van der Waals surface area contributed by atoms with Crippen molar-refractivity contribution in [2.75, 3.05) is 7.11 Å². The van der Waals surface area contributed by atoms with Gasteiger partial charge in [-0.1, -0.05) is 0 Å². The van der Waals surface area contributed by atoms with Gasteiger partial charge in [-0.25, -0.2) is 0 Å². The van der Waals surface area contributed by atoms with E-state index in [9.17, 15) is 9.59 Å². The third kappa shape index (κ3) is 2.33. The van der Waals surface area contributed by atoms with E-state index in [1.54, 1.807) is 25.2 Å². The van der Waals surface area contributed by atoms with Gasteiger partial charge in [-0.15, -0.1) is 0 Å². The van der Waals surface area contributed by atoms with Crippen LogP contribution in [0.3, 0.4) is 0 Å². The van der Waals surface area contributed by atoms with Crippen LogP contribution in [0.5, 0.6) is 0 Å². The number of rotatable bonds is 2. The van der Waals surface area contributed by atoms with Gasteiger partial charge in [-0.3, -0.25) is 9.59 Å². The number of methoxy groups -OCH3 is 1. The van der Waals surface area contributed by atoms with E-state index in [-0.39, 0.29) is 12.0 Å². The number of nitrogens with zero attached hydrogens (tertiary/aromatic N) is 2. The molecule has 0 aliphatic heterocycles. The maximum absolute atomic E-state index is 11.8. The van der Waals surface area contributed by atoms with Crippen molar-refractivity contribution in [2.45, 2.75) is 6.42 Å². The quantitative estimate of drug-likeness (QED) is 0.755. The number of pyridine rings is 1. The highest BCUT2D eigenvalue weighted by Gasteiger charge is 2.11. The number of aromatic nitrogens is 1. The molecule has 1 aromatic carbocycles. The maximum atomic E-state index is 11.8. The highest BCUT2D eigenvalue weighted by Crippen LogP contribution is 2.19. The summed E-state index contributed by atoms with van der Waals surface area (Å²) in [7, 11) is 2.95. The van der Waals surface area contributed by atoms with Crippen LogP contribution in [0.4, 0.5) is 0 Å². The Morgan fingerprint density at radius 1 is 1.42 bits per heavy atom. The Labute approximate surface area is 109 Å². The molecule has 1 aromatic heterocycles. The molecule has 96 valence electrons. The van der Waals surface area contributed by atoms with Gasteiger partial charge < -0.3 is 9.30 Å². The number of fused-ring (bicyclic) bond motifs is 1. The molecule has 0 amide bonds. The number of aryl methyl sites for hydroxylation is 1. The van der Waals surface area contributed by atoms with Crippen LogP contribution in [0.15, 0.2) is 29.1 Å². The molecule has 19 heavy (non-hydrogen) atoms. The van der Waals surface area contributed by atoms with E-state index in [0.717, 1.165) is 0 Å². The van der Waals surface area contributed by atoms with Gasteiger partial charge in [0.05, 0.1) is 30.7 Å². The van der Waals surface area contributed by atoms with Crippen LogP contribution in [0.2, 0.25) is 0 Å². The lowest BCUT2D eigenvalue weighted by Crippen LogP contribution is -2.18. The lowest BCUT2D eigenvalue weighted by Gasteiger charge is -2.09. The number of hydrogen-bond acceptors (Lipinski definition) is 4. The van der Waals surface area contributed by atoms with Crippen molar-refractivity contribution in [3.8, 4) is 6.07 Å². The first-order chi connectivity index (χ1) is 9.06. The van der Waals surface area contributed by atoms with Crippen molar-refractivity contribution in [2.24, 2.45) is 7.05 Å². The molecule has 2 rings (SSSR count). The molecule has 0 atom stereocenters. The molecule has 0 N–H and O–H groups in total. The SMILES string of the molecule is COC(=O)Cc1cc(=O)n(C)c2ccc(C#N)cc12. The number of nitriles is 1. The van der Waals surface area contributed by atoms with Crippen LogP contribution in [0.25, 0.3) is 10.9 Å². The summed E-state index contributed by atoms with van der Waals surface area (Å²) in [6.45, 7) is 0. The zero-order chi connectivity index (χ0) is 14.0. The molecular formula is C14H12N2O3. The van der Waals surface area contributed by atoms with Crippen molar-refractivity contribution >= 4 is 16.9 Å². The molecule has 1 heterocycles. The topological polar surface area (TPSA) is 72.1 Å². The lowest BCUT2D eigenvalue weighted by molar-refractivity contribution is -0.139. The van der Waals surface area contributed by atoms with E-state index in [2.05, 4.69) is 4.74 Å². The minimum atomic E-state index is -0.420. The van der Waals surface area contributed by atoms with E-state index in [4.69, 9.17) is 5.26 Å². The van der Waals surface area contributed by atoms with Crippen LogP contribution in [-0.4, -0.2) is 17.6 Å². The third-order valence-electron chi connectivity index (χ3n) is 3.02. The van der Waals surface area contributed by atoms with Crippen LogP contribution in [0.1, 0.15) is 11.1 Å². The summed E-state index contributed by atoms with van der Waals surface area (Å²) >= 11 is 0. The van der Waals surface area contributed by atoms with Crippen molar-refractivity contribution in [1.82, 2.24) is 4.57 Å². The number of hydrogen-bond donors (Lipinski definition) is 0. The molecule has 0 unspecified atom stereocenters. The number of benzene rings is 1. The maximum Gasteiger partial charge on any atom is 0.310 e. The van der Waals surface area contributed by atoms with E-state index >= 15 is 0 Å². The summed E-state index contributed by atoms with van der Waals surface area (Å²) in [4.78, 5) is 23.2. The van der Waals surface area contributed by atoms with Crippen LogP contribution < -0.4 is 5.56 Å². The first-order valence-corrected chi connectivity index (χ1v) is 5.66. The Balaban J connectivity index is 2.75. The minimum Gasteiger partial charge on any atom is -0.469 e. The van der Waals surface area contributed by atoms with Crippen molar-refractivity contribution in [1.29, 1.82) is 5.26 Å². The molecule has 5 heteroatoms. The summed E-state index contributed by atoms with van der Waals surface area (Å²) in [5.41, 5.74) is 1.54. The number of esters is 1. The Bertz CT molecular complexity index is 754. The van der Waals surface area contributed by atoms with Gasteiger partial charge in [0.2, 0.25) is 0 Å². The Morgan fingerprint density at radius 2 is 2.16 bits per heavy atom. The van der Waals surface area contributed by atoms with Crippen LogP contribution >= 0.6 is 0 Å². The molecule has 5 nitrogen and oxygen atoms in total. The first kappa shape index (κ1) is 12.8. The second-order valence-electron chi connectivity index (χ2n) is 4.16. The summed E-state index contributed by atoms with van der Waals surface area (Å²) in [6, 6.07) is 8.47. The standard InChI is InChI=1S/C14H12N2O3/c1-16-12-4-3-9(8-15)5-11(12)10(6-13(16)17)7-14(18)19-2/h3-6H,7H2,1-2H3. The highest BCUT2D eigenvalue weighted by molar-refractivity contribution is 5.87. The second-order valence-corrected chi connectivity index (χ2v) is 4.16. The minimum absolute atomic E-state index is 0.0119. The molecule has 0 spiro atoms. The fraction of sp³-hybridized carbons (Fsp3) is 0.214. The average Bonchev–Trinajstić information content (AvgIpc) is 2.43. The second kappa shape index (κ2) is 4.94. The Hall–Kier alpha value is -2.61. The van der Waals surface area contributed by atoms with Gasteiger partial charge in [0.1, 0.15) is 0 Å². The molecule has 0 fully saturated rings. The fourth-order valence-corrected chi connectivity index (χ4v) is 1.97. The van der Waals surface area contributed by atoms with E-state index < -0.39 is 5.97 Å². The van der Waals surface area contributed by atoms with Gasteiger partial charge in [0.15, 0.2) is 0 Å². The van der Waals surface area contributed by atoms with Gasteiger partial charge in [-0.05, 0) is 23.8 Å². The molecule has 0 aliphatic rings. The summed E-state index contributed by atoms with van der Waals surface area (Å²) in [5, 5.41) is 9.64. The van der Waals surface area contributed by atoms with Crippen molar-refractivity contribution in [3.63, 3.8) is 0 Å². The smallest absolute Gasteiger partial charge is 0.310 e. The van der Waals surface area contributed by atoms with Gasteiger partial charge in [0, 0.05) is 18.5 Å². The third-order valence-corrected chi connectivity index (χ3v) is 3.02. The normalized spacial score (nSPS) is 10.2. The van der Waals surface area contributed by atoms with Gasteiger partial charge in [-0.2, -0.15) is 5.26 Å². The molecule has 0 bridgehead atoms. The summed E-state index contributed by atoms with van der Waals surface area (Å²) < 4.78 is 6.10. The molecule has 2 aromatic rings. The zero-order valence-electron chi connectivity index (χ0n) is 10.6. The van der Waals surface area contributed by atoms with E-state index in [0.29, 0.717) is 22.0 Å². The number of carbonyl (C=O) groups is 1. The summed E-state index contributed by atoms with van der Waals surface area (Å²) in [6.07, 6.45) is 0.0119. The van der Waals surface area contributed by atoms with Gasteiger partial charge in [0.25, 0.3) is 5.56 Å². The van der Waals surface area contributed by atoms with Crippen molar-refractivity contribution < 1.29 is 9.53 Å². The molecule has 0 saturated heterocycles. The highest BCUT2D eigenvalue weighted by atomic mass is 16.5. The predicted molar refractivity (Wildman–Crippen MR) is 69.6 cm³/mol. The fourth-order valence-electron chi connectivity index (χ4n) is 1.97. The monoisotopic (exact) mass is 256 g/mol. The van der Waals surface area contributed by atoms with E-state index in [1.165, 1.54) is 17.7 Å². The predicted octanol–water partition coefficient (Wildman–Crippen LogP) is 1.13. The van der Waals surface area contributed by atoms with Crippen LogP contribution in [0, 0.1) is 11.3 Å². The largest absolute Gasteiger partial charge is 0.469 e. The number of carbonyl (C=O) groups excluding carboxylic acids is 1. The molecular weight excluding hydrogens is 244 g/mol. The molecule has 0 aliphatic carbocycles. The lowest BCUT2D eigenvalue weighted by atomic mass is 10.0. The number of ether oxygens (including phenoxy) is 1. The van der Waals surface area contributed by atoms with E-state index in [1.807, 2.05) is 6.07 Å². The Morgan fingerprint density at radius 3 is 2.79 bits per heavy atom. The van der Waals surface area contributed by atoms with Gasteiger partial charge >= 0.3 is 5.97 Å². The first-order valence-electron chi connectivity index (χ1n) is 5.66. The Kier molecular flexibility index (Phi) is 3.34. The van der Waals surface area contributed by atoms with Crippen molar-refractivity contribution in [3.05, 3.63) is 45.7 Å². The molecule has 0 radical (unpaired) electrons. The van der Waals surface area contributed by atoms with Crippen LogP contribution in [-0.2, 0) is 23.0 Å². The zero-order valence-corrected chi connectivity index (χ0v) is 10.6. The summed E-state index contributed by atoms with van der Waals surface area (Å²) in [5.74, 6) is -0.420. The average molecular weight is 256 g/mol.